The molecule has 22 heavy (non-hydrogen) atoms. The van der Waals surface area contributed by atoms with E-state index in [0.29, 0.717) is 18.5 Å². The molecular formula is C17H23NO4. The van der Waals surface area contributed by atoms with Gasteiger partial charge >= 0.3 is 0 Å². The molecule has 2 N–H and O–H groups in total. The fourth-order valence-corrected chi connectivity index (χ4v) is 2.29. The molecule has 1 heterocycles. The topological polar surface area (TPSA) is 71.7 Å². The number of ether oxygens (including phenoxy) is 1. The van der Waals surface area contributed by atoms with Crippen molar-refractivity contribution in [3.8, 4) is 5.75 Å². The molecule has 0 aliphatic heterocycles. The molecule has 2 aromatic rings. The summed E-state index contributed by atoms with van der Waals surface area (Å²) in [6.07, 6.45) is 2.54. The van der Waals surface area contributed by atoms with Crippen LogP contribution in [0.4, 0.5) is 0 Å². The third-order valence-electron chi connectivity index (χ3n) is 3.77. The van der Waals surface area contributed by atoms with Gasteiger partial charge in [0.05, 0.1) is 19.8 Å². The van der Waals surface area contributed by atoms with Gasteiger partial charge in [0, 0.05) is 30.2 Å². The van der Waals surface area contributed by atoms with E-state index in [1.54, 1.807) is 19.4 Å². The quantitative estimate of drug-likeness (QED) is 0.824. The van der Waals surface area contributed by atoms with Crippen LogP contribution in [0.25, 0.3) is 11.0 Å². The normalized spacial score (nSPS) is 11.6. The zero-order valence-corrected chi connectivity index (χ0v) is 13.3. The van der Waals surface area contributed by atoms with Crippen LogP contribution in [0.1, 0.15) is 25.8 Å². The summed E-state index contributed by atoms with van der Waals surface area (Å²) in [7, 11) is 1.60. The number of fused-ring (bicyclic) bond motifs is 1. The van der Waals surface area contributed by atoms with E-state index in [4.69, 9.17) is 14.3 Å². The van der Waals surface area contributed by atoms with Gasteiger partial charge in [-0.3, -0.25) is 4.79 Å². The van der Waals surface area contributed by atoms with Crippen molar-refractivity contribution >= 4 is 16.9 Å². The lowest BCUT2D eigenvalue weighted by Gasteiger charge is -2.23. The van der Waals surface area contributed by atoms with Gasteiger partial charge in [-0.2, -0.15) is 0 Å². The van der Waals surface area contributed by atoms with Gasteiger partial charge in [0.15, 0.2) is 0 Å². The molecule has 0 unspecified atom stereocenters. The lowest BCUT2D eigenvalue weighted by molar-refractivity contribution is -0.120. The van der Waals surface area contributed by atoms with Crippen LogP contribution >= 0.6 is 0 Å². The lowest BCUT2D eigenvalue weighted by atomic mass is 9.89. The predicted molar refractivity (Wildman–Crippen MR) is 85.0 cm³/mol. The summed E-state index contributed by atoms with van der Waals surface area (Å²) in [6, 6.07) is 5.56. The average molecular weight is 305 g/mol. The summed E-state index contributed by atoms with van der Waals surface area (Å²) in [5.74, 6) is 0.674. The van der Waals surface area contributed by atoms with Crippen LogP contribution in [0.3, 0.4) is 0 Å². The molecule has 5 nitrogen and oxygen atoms in total. The largest absolute Gasteiger partial charge is 0.497 e. The van der Waals surface area contributed by atoms with Gasteiger partial charge in [-0.15, -0.1) is 0 Å². The van der Waals surface area contributed by atoms with Crippen LogP contribution in [0.5, 0.6) is 5.75 Å². The maximum absolute atomic E-state index is 12.1. The Balaban J connectivity index is 2.00. The molecule has 0 bridgehead atoms. The smallest absolute Gasteiger partial charge is 0.224 e. The first kappa shape index (κ1) is 16.4. The first-order valence-corrected chi connectivity index (χ1v) is 7.37. The number of hydrogen-bond acceptors (Lipinski definition) is 4. The van der Waals surface area contributed by atoms with E-state index >= 15 is 0 Å². The van der Waals surface area contributed by atoms with Crippen molar-refractivity contribution in [1.82, 2.24) is 5.32 Å². The maximum atomic E-state index is 12.1. The van der Waals surface area contributed by atoms with E-state index in [-0.39, 0.29) is 24.3 Å². The molecular weight excluding hydrogens is 282 g/mol. The van der Waals surface area contributed by atoms with Crippen LogP contribution in [0.15, 0.2) is 28.9 Å². The van der Waals surface area contributed by atoms with E-state index < -0.39 is 0 Å². The number of methoxy groups -OCH3 is 1. The summed E-state index contributed by atoms with van der Waals surface area (Å²) in [5, 5.41) is 12.8. The summed E-state index contributed by atoms with van der Waals surface area (Å²) < 4.78 is 10.6. The Labute approximate surface area is 130 Å². The van der Waals surface area contributed by atoms with Gasteiger partial charge in [-0.05, 0) is 24.0 Å². The van der Waals surface area contributed by atoms with E-state index in [2.05, 4.69) is 5.32 Å². The minimum atomic E-state index is -0.115. The summed E-state index contributed by atoms with van der Waals surface area (Å²) in [4.78, 5) is 12.1. The molecule has 1 amide bonds. The van der Waals surface area contributed by atoms with Crippen molar-refractivity contribution in [2.75, 3.05) is 20.3 Å². The number of carbonyl (C=O) groups is 1. The van der Waals surface area contributed by atoms with Gasteiger partial charge in [-0.1, -0.05) is 13.8 Å². The monoisotopic (exact) mass is 305 g/mol. The SMILES string of the molecule is COc1ccc2c(CC(=O)NCC(C)(C)CCO)coc2c1. The Morgan fingerprint density at radius 3 is 2.86 bits per heavy atom. The molecule has 1 aromatic carbocycles. The zero-order chi connectivity index (χ0) is 16.2. The van der Waals surface area contributed by atoms with E-state index in [9.17, 15) is 4.79 Å². The molecule has 2 rings (SSSR count). The summed E-state index contributed by atoms with van der Waals surface area (Å²) in [5.41, 5.74) is 1.45. The number of benzene rings is 1. The third-order valence-corrected chi connectivity index (χ3v) is 3.77. The second kappa shape index (κ2) is 6.83. The Kier molecular flexibility index (Phi) is 5.08. The molecule has 0 saturated carbocycles. The Bertz CT molecular complexity index is 645. The van der Waals surface area contributed by atoms with Crippen molar-refractivity contribution < 1.29 is 19.1 Å². The molecule has 0 aliphatic carbocycles. The Morgan fingerprint density at radius 1 is 1.41 bits per heavy atom. The number of amides is 1. The van der Waals surface area contributed by atoms with Crippen molar-refractivity contribution in [2.45, 2.75) is 26.7 Å². The lowest BCUT2D eigenvalue weighted by Crippen LogP contribution is -2.35. The zero-order valence-electron chi connectivity index (χ0n) is 13.3. The number of rotatable bonds is 7. The van der Waals surface area contributed by atoms with E-state index in [1.807, 2.05) is 26.0 Å². The van der Waals surface area contributed by atoms with Crippen molar-refractivity contribution in [3.05, 3.63) is 30.0 Å². The van der Waals surface area contributed by atoms with Crippen LogP contribution < -0.4 is 10.1 Å². The standard InChI is InChI=1S/C17H23NO4/c1-17(2,6-7-19)11-18-16(20)8-12-10-22-15-9-13(21-3)4-5-14(12)15/h4-5,9-10,19H,6-8,11H2,1-3H3,(H,18,20). The third kappa shape index (κ3) is 4.01. The van der Waals surface area contributed by atoms with Gasteiger partial charge in [0.1, 0.15) is 11.3 Å². The van der Waals surface area contributed by atoms with Crippen LogP contribution in [0, 0.1) is 5.41 Å². The Hall–Kier alpha value is -2.01. The molecule has 0 radical (unpaired) electrons. The molecule has 1 aromatic heterocycles. The van der Waals surface area contributed by atoms with Crippen molar-refractivity contribution in [1.29, 1.82) is 0 Å². The van der Waals surface area contributed by atoms with Crippen LogP contribution in [0.2, 0.25) is 0 Å². The first-order chi connectivity index (χ1) is 10.4. The highest BCUT2D eigenvalue weighted by Crippen LogP contribution is 2.26. The molecule has 120 valence electrons. The number of furan rings is 1. The Morgan fingerprint density at radius 2 is 2.18 bits per heavy atom. The molecule has 5 heteroatoms. The van der Waals surface area contributed by atoms with E-state index in [0.717, 1.165) is 16.7 Å². The van der Waals surface area contributed by atoms with Crippen LogP contribution in [-0.2, 0) is 11.2 Å². The maximum Gasteiger partial charge on any atom is 0.224 e. The van der Waals surface area contributed by atoms with Gasteiger partial charge < -0.3 is 19.6 Å². The molecule has 0 aliphatic rings. The minimum Gasteiger partial charge on any atom is -0.497 e. The molecule has 0 saturated heterocycles. The van der Waals surface area contributed by atoms with Gasteiger partial charge in [0.2, 0.25) is 5.91 Å². The number of aliphatic hydroxyl groups is 1. The minimum absolute atomic E-state index is 0.0514. The fraction of sp³-hybridized carbons (Fsp3) is 0.471. The summed E-state index contributed by atoms with van der Waals surface area (Å²) in [6.45, 7) is 4.69. The van der Waals surface area contributed by atoms with Crippen molar-refractivity contribution in [2.24, 2.45) is 5.41 Å². The molecule has 0 atom stereocenters. The van der Waals surface area contributed by atoms with Crippen LogP contribution in [-0.4, -0.2) is 31.3 Å². The molecule has 0 spiro atoms. The highest BCUT2D eigenvalue weighted by atomic mass is 16.5. The second-order valence-corrected chi connectivity index (χ2v) is 6.21. The summed E-state index contributed by atoms with van der Waals surface area (Å²) >= 11 is 0. The fourth-order valence-electron chi connectivity index (χ4n) is 2.29. The number of carbonyl (C=O) groups excluding carboxylic acids is 1. The van der Waals surface area contributed by atoms with Gasteiger partial charge in [0.25, 0.3) is 0 Å². The van der Waals surface area contributed by atoms with Gasteiger partial charge in [-0.25, -0.2) is 0 Å². The molecule has 0 fully saturated rings. The highest BCUT2D eigenvalue weighted by molar-refractivity contribution is 5.88. The van der Waals surface area contributed by atoms with Crippen molar-refractivity contribution in [3.63, 3.8) is 0 Å². The highest BCUT2D eigenvalue weighted by Gasteiger charge is 2.19. The number of hydrogen-bond donors (Lipinski definition) is 2. The predicted octanol–water partition coefficient (Wildman–Crippen LogP) is 2.51. The first-order valence-electron chi connectivity index (χ1n) is 7.37. The van der Waals surface area contributed by atoms with E-state index in [1.165, 1.54) is 0 Å². The second-order valence-electron chi connectivity index (χ2n) is 6.21. The number of nitrogens with one attached hydrogen (secondary N) is 1. The number of aliphatic hydroxyl groups excluding tert-OH is 1. The average Bonchev–Trinajstić information content (AvgIpc) is 2.87.